The van der Waals surface area contributed by atoms with Gasteiger partial charge in [0.1, 0.15) is 5.60 Å². The van der Waals surface area contributed by atoms with Crippen molar-refractivity contribution in [2.45, 2.75) is 44.6 Å². The molecule has 1 rings (SSSR count). The SMILES string of the molecule is CC1(OC(=O)NCS)CCCCC1. The molecule has 76 valence electrons. The van der Waals surface area contributed by atoms with Crippen molar-refractivity contribution in [1.29, 1.82) is 0 Å². The van der Waals surface area contributed by atoms with E-state index < -0.39 is 0 Å². The molecule has 1 N–H and O–H groups in total. The standard InChI is InChI=1S/C9H17NO2S/c1-9(5-3-2-4-6-9)12-8(11)10-7-13/h13H,2-7H2,1H3,(H,10,11). The summed E-state index contributed by atoms with van der Waals surface area (Å²) in [5, 5.41) is 2.52. The van der Waals surface area contributed by atoms with Crippen molar-refractivity contribution in [2.24, 2.45) is 0 Å². The number of alkyl carbamates (subject to hydrolysis) is 1. The van der Waals surface area contributed by atoms with E-state index in [0.29, 0.717) is 5.88 Å². The van der Waals surface area contributed by atoms with E-state index in [4.69, 9.17) is 4.74 Å². The summed E-state index contributed by atoms with van der Waals surface area (Å²) in [4.78, 5) is 11.1. The maximum atomic E-state index is 11.1. The zero-order chi connectivity index (χ0) is 9.73. The lowest BCUT2D eigenvalue weighted by molar-refractivity contribution is -0.00125. The van der Waals surface area contributed by atoms with E-state index in [1.54, 1.807) is 0 Å². The van der Waals surface area contributed by atoms with Crippen LogP contribution in [0.5, 0.6) is 0 Å². The predicted octanol–water partition coefficient (Wildman–Crippen LogP) is 2.32. The Morgan fingerprint density at radius 1 is 1.46 bits per heavy atom. The molecule has 1 saturated carbocycles. The second-order valence-electron chi connectivity index (χ2n) is 3.73. The number of nitrogens with one attached hydrogen (secondary N) is 1. The topological polar surface area (TPSA) is 38.3 Å². The van der Waals surface area contributed by atoms with Gasteiger partial charge < -0.3 is 10.1 Å². The summed E-state index contributed by atoms with van der Waals surface area (Å²) in [5.74, 6) is 0.328. The Balaban J connectivity index is 2.36. The molecule has 0 heterocycles. The van der Waals surface area contributed by atoms with Crippen molar-refractivity contribution in [3.05, 3.63) is 0 Å². The number of carbonyl (C=O) groups excluding carboxylic acids is 1. The van der Waals surface area contributed by atoms with Gasteiger partial charge in [0.15, 0.2) is 0 Å². The fraction of sp³-hybridized carbons (Fsp3) is 0.889. The number of thiol groups is 1. The monoisotopic (exact) mass is 203 g/mol. The van der Waals surface area contributed by atoms with Crippen LogP contribution in [0.1, 0.15) is 39.0 Å². The van der Waals surface area contributed by atoms with Crippen LogP contribution in [0.3, 0.4) is 0 Å². The van der Waals surface area contributed by atoms with Gasteiger partial charge in [-0.2, -0.15) is 12.6 Å². The number of carbonyl (C=O) groups is 1. The largest absolute Gasteiger partial charge is 0.443 e. The van der Waals surface area contributed by atoms with Gasteiger partial charge in [0.2, 0.25) is 0 Å². The van der Waals surface area contributed by atoms with E-state index in [9.17, 15) is 4.79 Å². The fourth-order valence-corrected chi connectivity index (χ4v) is 1.86. The van der Waals surface area contributed by atoms with Gasteiger partial charge in [-0.05, 0) is 32.6 Å². The molecule has 4 heteroatoms. The molecule has 1 aliphatic carbocycles. The second kappa shape index (κ2) is 4.74. The minimum atomic E-state index is -0.348. The number of hydrogen-bond donors (Lipinski definition) is 2. The van der Waals surface area contributed by atoms with Gasteiger partial charge >= 0.3 is 6.09 Å². The number of ether oxygens (including phenoxy) is 1. The molecule has 0 saturated heterocycles. The summed E-state index contributed by atoms with van der Waals surface area (Å²) in [7, 11) is 0. The number of rotatable bonds is 2. The molecule has 0 aliphatic heterocycles. The van der Waals surface area contributed by atoms with Crippen LogP contribution >= 0.6 is 12.6 Å². The molecule has 0 radical (unpaired) electrons. The first-order valence-electron chi connectivity index (χ1n) is 4.74. The van der Waals surface area contributed by atoms with Crippen molar-refractivity contribution in [3.8, 4) is 0 Å². The van der Waals surface area contributed by atoms with E-state index in [0.717, 1.165) is 25.7 Å². The van der Waals surface area contributed by atoms with Crippen LogP contribution in [0.4, 0.5) is 4.79 Å². The van der Waals surface area contributed by atoms with Crippen molar-refractivity contribution in [3.63, 3.8) is 0 Å². The molecule has 0 atom stereocenters. The van der Waals surface area contributed by atoms with Crippen molar-refractivity contribution in [2.75, 3.05) is 5.88 Å². The van der Waals surface area contributed by atoms with Crippen LogP contribution in [0, 0.1) is 0 Å². The average molecular weight is 203 g/mol. The zero-order valence-electron chi connectivity index (χ0n) is 8.01. The smallest absolute Gasteiger partial charge is 0.408 e. The lowest BCUT2D eigenvalue weighted by Crippen LogP contribution is -2.38. The molecule has 1 amide bonds. The molecule has 0 aromatic carbocycles. The van der Waals surface area contributed by atoms with Crippen LogP contribution < -0.4 is 5.32 Å². The summed E-state index contributed by atoms with van der Waals surface area (Å²) < 4.78 is 5.32. The highest BCUT2D eigenvalue weighted by molar-refractivity contribution is 7.80. The number of amides is 1. The first-order valence-corrected chi connectivity index (χ1v) is 5.37. The molecule has 1 fully saturated rings. The third-order valence-corrected chi connectivity index (χ3v) is 2.63. The fourth-order valence-electron chi connectivity index (χ4n) is 1.73. The summed E-state index contributed by atoms with van der Waals surface area (Å²) in [6.07, 6.45) is 5.18. The molecule has 13 heavy (non-hydrogen) atoms. The van der Waals surface area contributed by atoms with Crippen LogP contribution in [0.25, 0.3) is 0 Å². The van der Waals surface area contributed by atoms with E-state index in [1.165, 1.54) is 6.42 Å². The maximum Gasteiger partial charge on any atom is 0.408 e. The van der Waals surface area contributed by atoms with E-state index in [1.807, 2.05) is 6.92 Å². The normalized spacial score (nSPS) is 20.8. The van der Waals surface area contributed by atoms with Gasteiger partial charge in [0.05, 0.1) is 5.88 Å². The molecule has 0 aromatic rings. The Bertz CT molecular complexity index is 178. The highest BCUT2D eigenvalue weighted by Gasteiger charge is 2.30. The Morgan fingerprint density at radius 3 is 2.62 bits per heavy atom. The van der Waals surface area contributed by atoms with Gasteiger partial charge in [-0.15, -0.1) is 0 Å². The van der Waals surface area contributed by atoms with Crippen molar-refractivity contribution >= 4 is 18.7 Å². The Hall–Kier alpha value is -0.380. The quantitative estimate of drug-likeness (QED) is 0.534. The number of hydrogen-bond acceptors (Lipinski definition) is 3. The molecule has 0 aromatic heterocycles. The van der Waals surface area contributed by atoms with Crippen LogP contribution in [0.15, 0.2) is 0 Å². The van der Waals surface area contributed by atoms with Crippen molar-refractivity contribution in [1.82, 2.24) is 5.32 Å². The van der Waals surface area contributed by atoms with Crippen LogP contribution in [0.2, 0.25) is 0 Å². The highest BCUT2D eigenvalue weighted by atomic mass is 32.1. The summed E-state index contributed by atoms with van der Waals surface area (Å²) in [5.41, 5.74) is -0.245. The molecular weight excluding hydrogens is 186 g/mol. The molecular formula is C9H17NO2S. The van der Waals surface area contributed by atoms with E-state index >= 15 is 0 Å². The summed E-state index contributed by atoms with van der Waals surface area (Å²) in [6, 6.07) is 0. The molecule has 3 nitrogen and oxygen atoms in total. The molecule has 0 unspecified atom stereocenters. The van der Waals surface area contributed by atoms with E-state index in [2.05, 4.69) is 17.9 Å². The van der Waals surface area contributed by atoms with Gasteiger partial charge in [-0.25, -0.2) is 4.79 Å². The molecule has 0 spiro atoms. The summed E-state index contributed by atoms with van der Waals surface area (Å²) in [6.45, 7) is 2.00. The molecule has 1 aliphatic rings. The average Bonchev–Trinajstić information content (AvgIpc) is 2.04. The highest BCUT2D eigenvalue weighted by Crippen LogP contribution is 2.30. The minimum Gasteiger partial charge on any atom is -0.443 e. The Morgan fingerprint density at radius 2 is 2.08 bits per heavy atom. The molecule has 0 bridgehead atoms. The van der Waals surface area contributed by atoms with E-state index in [-0.39, 0.29) is 11.7 Å². The Labute approximate surface area is 84.6 Å². The first-order chi connectivity index (χ1) is 6.16. The third kappa shape index (κ3) is 3.46. The van der Waals surface area contributed by atoms with Crippen LogP contribution in [-0.2, 0) is 4.74 Å². The predicted molar refractivity (Wildman–Crippen MR) is 55.0 cm³/mol. The lowest BCUT2D eigenvalue weighted by Gasteiger charge is -2.32. The first kappa shape index (κ1) is 10.7. The zero-order valence-corrected chi connectivity index (χ0v) is 8.90. The minimum absolute atomic E-state index is 0.245. The van der Waals surface area contributed by atoms with Gasteiger partial charge in [-0.1, -0.05) is 6.42 Å². The third-order valence-electron chi connectivity index (χ3n) is 2.47. The van der Waals surface area contributed by atoms with Gasteiger partial charge in [0.25, 0.3) is 0 Å². The second-order valence-corrected chi connectivity index (χ2v) is 4.05. The van der Waals surface area contributed by atoms with Crippen LogP contribution in [-0.4, -0.2) is 17.6 Å². The maximum absolute atomic E-state index is 11.1. The van der Waals surface area contributed by atoms with Gasteiger partial charge in [0, 0.05) is 0 Å². The lowest BCUT2D eigenvalue weighted by atomic mass is 9.86. The van der Waals surface area contributed by atoms with Gasteiger partial charge in [-0.3, -0.25) is 0 Å². The Kier molecular flexibility index (Phi) is 3.90. The van der Waals surface area contributed by atoms with Crippen molar-refractivity contribution < 1.29 is 9.53 Å². The summed E-state index contributed by atoms with van der Waals surface area (Å²) >= 11 is 3.89.